The molecule has 0 radical (unpaired) electrons. The van der Waals surface area contributed by atoms with Gasteiger partial charge in [-0.15, -0.1) is 0 Å². The second-order valence-electron chi connectivity index (χ2n) is 4.89. The number of hydrogen-bond acceptors (Lipinski definition) is 4. The summed E-state index contributed by atoms with van der Waals surface area (Å²) in [4.78, 5) is 13.3. The van der Waals surface area contributed by atoms with Crippen molar-refractivity contribution in [2.75, 3.05) is 19.7 Å². The molecule has 2 heterocycles. The lowest BCUT2D eigenvalue weighted by molar-refractivity contribution is -0.153. The molecule has 1 unspecified atom stereocenters. The molecule has 2 aliphatic heterocycles. The number of nitrogens with zero attached hydrogens (tertiary/aromatic N) is 2. The summed E-state index contributed by atoms with van der Waals surface area (Å²) < 4.78 is 5.80. The Hall–Kier alpha value is -1.12. The average molecular weight is 238 g/mol. The first kappa shape index (κ1) is 12.3. The molecule has 5 heteroatoms. The minimum atomic E-state index is -0.273. The fraction of sp³-hybridized carbons (Fsp3) is 0.833. The van der Waals surface area contributed by atoms with E-state index >= 15 is 0 Å². The Kier molecular flexibility index (Phi) is 3.65. The first-order valence-corrected chi connectivity index (χ1v) is 6.12. The van der Waals surface area contributed by atoms with E-state index in [1.807, 2.05) is 6.07 Å². The van der Waals surface area contributed by atoms with E-state index in [0.717, 1.165) is 12.8 Å². The number of ether oxygens (including phenoxy) is 1. The number of nitriles is 1. The predicted molar refractivity (Wildman–Crippen MR) is 60.0 cm³/mol. The molecule has 2 aliphatic rings. The van der Waals surface area contributed by atoms with Crippen LogP contribution in [0.2, 0.25) is 0 Å². The SMILES string of the molecule is N#CCC(=O)N1CCC2(CC1)CC(O)CCO2. The Bertz CT molecular complexity index is 329. The van der Waals surface area contributed by atoms with Crippen LogP contribution in [0.4, 0.5) is 0 Å². The summed E-state index contributed by atoms with van der Waals surface area (Å²) in [6.07, 6.45) is 2.59. The van der Waals surface area contributed by atoms with E-state index in [2.05, 4.69) is 0 Å². The fourth-order valence-electron chi connectivity index (χ4n) is 2.69. The monoisotopic (exact) mass is 238 g/mol. The van der Waals surface area contributed by atoms with Gasteiger partial charge in [0.05, 0.1) is 17.8 Å². The van der Waals surface area contributed by atoms with Crippen molar-refractivity contribution in [1.82, 2.24) is 4.90 Å². The van der Waals surface area contributed by atoms with Crippen LogP contribution in [0.15, 0.2) is 0 Å². The van der Waals surface area contributed by atoms with Crippen LogP contribution in [-0.2, 0) is 9.53 Å². The third kappa shape index (κ3) is 2.76. The second kappa shape index (κ2) is 5.03. The lowest BCUT2D eigenvalue weighted by atomic mass is 9.83. The number of carbonyl (C=O) groups excluding carboxylic acids is 1. The van der Waals surface area contributed by atoms with Gasteiger partial charge in [0.15, 0.2) is 0 Å². The average Bonchev–Trinajstić information content (AvgIpc) is 2.30. The molecule has 17 heavy (non-hydrogen) atoms. The van der Waals surface area contributed by atoms with Crippen LogP contribution < -0.4 is 0 Å². The topological polar surface area (TPSA) is 73.6 Å². The van der Waals surface area contributed by atoms with Gasteiger partial charge in [0, 0.05) is 26.1 Å². The predicted octanol–water partition coefficient (Wildman–Crippen LogP) is 0.433. The summed E-state index contributed by atoms with van der Waals surface area (Å²) in [5, 5.41) is 18.2. The molecule has 2 rings (SSSR count). The van der Waals surface area contributed by atoms with Crippen LogP contribution in [0.25, 0.3) is 0 Å². The minimum absolute atomic E-state index is 0.0452. The van der Waals surface area contributed by atoms with E-state index < -0.39 is 0 Å². The van der Waals surface area contributed by atoms with Gasteiger partial charge < -0.3 is 14.7 Å². The Morgan fingerprint density at radius 2 is 2.24 bits per heavy atom. The molecule has 0 aromatic rings. The van der Waals surface area contributed by atoms with Crippen LogP contribution in [-0.4, -0.2) is 47.3 Å². The summed E-state index contributed by atoms with van der Waals surface area (Å²) in [7, 11) is 0. The first-order valence-electron chi connectivity index (χ1n) is 6.12. The largest absolute Gasteiger partial charge is 0.393 e. The molecular weight excluding hydrogens is 220 g/mol. The molecule has 0 bridgehead atoms. The van der Waals surface area contributed by atoms with E-state index in [-0.39, 0.29) is 24.0 Å². The van der Waals surface area contributed by atoms with Crippen molar-refractivity contribution in [3.63, 3.8) is 0 Å². The van der Waals surface area contributed by atoms with Crippen LogP contribution in [0, 0.1) is 11.3 Å². The van der Waals surface area contributed by atoms with E-state index in [4.69, 9.17) is 10.00 Å². The highest BCUT2D eigenvalue weighted by molar-refractivity contribution is 5.78. The fourth-order valence-corrected chi connectivity index (χ4v) is 2.69. The second-order valence-corrected chi connectivity index (χ2v) is 4.89. The van der Waals surface area contributed by atoms with Gasteiger partial charge in [0.25, 0.3) is 0 Å². The lowest BCUT2D eigenvalue weighted by Gasteiger charge is -2.45. The molecule has 0 aliphatic carbocycles. The molecule has 1 amide bonds. The van der Waals surface area contributed by atoms with Gasteiger partial charge in [-0.1, -0.05) is 0 Å². The molecule has 0 aromatic carbocycles. The van der Waals surface area contributed by atoms with Crippen molar-refractivity contribution in [2.45, 2.75) is 43.8 Å². The van der Waals surface area contributed by atoms with Gasteiger partial charge in [0.2, 0.25) is 5.91 Å². The quantitative estimate of drug-likeness (QED) is 0.719. The maximum atomic E-state index is 11.5. The highest BCUT2D eigenvalue weighted by Crippen LogP contribution is 2.35. The van der Waals surface area contributed by atoms with Crippen LogP contribution in [0.1, 0.15) is 32.1 Å². The maximum Gasteiger partial charge on any atom is 0.236 e. The van der Waals surface area contributed by atoms with E-state index in [9.17, 15) is 9.90 Å². The van der Waals surface area contributed by atoms with E-state index in [0.29, 0.717) is 32.5 Å². The van der Waals surface area contributed by atoms with Gasteiger partial charge in [0.1, 0.15) is 6.42 Å². The summed E-state index contributed by atoms with van der Waals surface area (Å²) in [5.74, 6) is -0.0984. The maximum absolute atomic E-state index is 11.5. The summed E-state index contributed by atoms with van der Waals surface area (Å²) in [5.41, 5.74) is -0.235. The molecule has 0 aromatic heterocycles. The molecule has 1 atom stereocenters. The molecule has 1 spiro atoms. The molecule has 2 saturated heterocycles. The van der Waals surface area contributed by atoms with Crippen molar-refractivity contribution in [3.8, 4) is 6.07 Å². The van der Waals surface area contributed by atoms with Crippen LogP contribution in [0.5, 0.6) is 0 Å². The van der Waals surface area contributed by atoms with Gasteiger partial charge in [-0.3, -0.25) is 4.79 Å². The smallest absolute Gasteiger partial charge is 0.236 e. The van der Waals surface area contributed by atoms with Crippen molar-refractivity contribution in [1.29, 1.82) is 5.26 Å². The van der Waals surface area contributed by atoms with Gasteiger partial charge >= 0.3 is 0 Å². The number of aliphatic hydroxyl groups excluding tert-OH is 1. The molecular formula is C12H18N2O3. The molecule has 94 valence electrons. The van der Waals surface area contributed by atoms with E-state index in [1.54, 1.807) is 4.90 Å². The van der Waals surface area contributed by atoms with Gasteiger partial charge in [-0.2, -0.15) is 5.26 Å². The number of piperidine rings is 1. The number of likely N-dealkylation sites (tertiary alicyclic amines) is 1. The third-order valence-electron chi connectivity index (χ3n) is 3.72. The lowest BCUT2D eigenvalue weighted by Crippen LogP contribution is -2.51. The summed E-state index contributed by atoms with van der Waals surface area (Å²) >= 11 is 0. The van der Waals surface area contributed by atoms with Gasteiger partial charge in [-0.25, -0.2) is 0 Å². The zero-order valence-electron chi connectivity index (χ0n) is 9.89. The van der Waals surface area contributed by atoms with Crippen molar-refractivity contribution < 1.29 is 14.6 Å². The van der Waals surface area contributed by atoms with Crippen molar-refractivity contribution in [3.05, 3.63) is 0 Å². The van der Waals surface area contributed by atoms with Crippen LogP contribution in [0.3, 0.4) is 0 Å². The molecule has 1 N–H and O–H groups in total. The minimum Gasteiger partial charge on any atom is -0.393 e. The van der Waals surface area contributed by atoms with Crippen molar-refractivity contribution in [2.24, 2.45) is 0 Å². The van der Waals surface area contributed by atoms with Gasteiger partial charge in [-0.05, 0) is 19.3 Å². The first-order chi connectivity index (χ1) is 8.15. The molecule has 5 nitrogen and oxygen atoms in total. The Labute approximate surface area is 101 Å². The zero-order valence-corrected chi connectivity index (χ0v) is 9.89. The number of amides is 1. The van der Waals surface area contributed by atoms with Crippen molar-refractivity contribution >= 4 is 5.91 Å². The summed E-state index contributed by atoms with van der Waals surface area (Å²) in [6.45, 7) is 1.87. The summed E-state index contributed by atoms with van der Waals surface area (Å²) in [6, 6.07) is 1.88. The molecule has 2 fully saturated rings. The Morgan fingerprint density at radius 1 is 1.53 bits per heavy atom. The Morgan fingerprint density at radius 3 is 2.82 bits per heavy atom. The normalized spacial score (nSPS) is 27.8. The number of carbonyl (C=O) groups is 1. The standard InChI is InChI=1S/C12H18N2O3/c13-5-1-11(16)14-6-3-12(4-7-14)9-10(15)2-8-17-12/h10,15H,1-4,6-9H2. The van der Waals surface area contributed by atoms with Crippen LogP contribution >= 0.6 is 0 Å². The highest BCUT2D eigenvalue weighted by Gasteiger charge is 2.40. The molecule has 0 saturated carbocycles. The number of hydrogen-bond donors (Lipinski definition) is 1. The Balaban J connectivity index is 1.89. The number of rotatable bonds is 1. The zero-order chi connectivity index (χ0) is 12.3. The highest BCUT2D eigenvalue weighted by atomic mass is 16.5. The number of aliphatic hydroxyl groups is 1. The third-order valence-corrected chi connectivity index (χ3v) is 3.72. The van der Waals surface area contributed by atoms with E-state index in [1.165, 1.54) is 0 Å².